The number of carbonyl (C=O) groups excluding carboxylic acids is 4. The first kappa shape index (κ1) is 20.7. The monoisotopic (exact) mass is 445 g/mol. The predicted molar refractivity (Wildman–Crippen MR) is 113 cm³/mol. The average molecular weight is 445 g/mol. The molecule has 0 saturated carbocycles. The molecule has 0 radical (unpaired) electrons. The summed E-state index contributed by atoms with van der Waals surface area (Å²) in [5.74, 6) is -2.34. The number of carbonyl (C=O) groups is 4. The van der Waals surface area contributed by atoms with Gasteiger partial charge in [0.05, 0.1) is 23.0 Å². The molecule has 2 unspecified atom stereocenters. The van der Waals surface area contributed by atoms with Crippen molar-refractivity contribution in [2.24, 2.45) is 0 Å². The van der Waals surface area contributed by atoms with Crippen molar-refractivity contribution in [1.82, 2.24) is 25.2 Å². The van der Waals surface area contributed by atoms with Gasteiger partial charge in [-0.3, -0.25) is 29.4 Å². The fraction of sp³-hybridized carbons (Fsp3) is 0.217. The fourth-order valence-electron chi connectivity index (χ4n) is 4.18. The summed E-state index contributed by atoms with van der Waals surface area (Å²) < 4.78 is 1.33. The molecule has 10 heteroatoms. The number of nitrogens with one attached hydrogen (secondary N) is 1. The third-order valence-electron chi connectivity index (χ3n) is 5.82. The van der Waals surface area contributed by atoms with Crippen molar-refractivity contribution in [3.05, 3.63) is 77.1 Å². The SMILES string of the molecule is O=C1CCC(N2C(=O)c3cccc(-n4cc(C(O)Cc5ccccc5)nn4)c3C2=O)C(=O)N1. The summed E-state index contributed by atoms with van der Waals surface area (Å²) in [5.41, 5.74) is 1.80. The molecule has 33 heavy (non-hydrogen) atoms. The molecule has 166 valence electrons. The van der Waals surface area contributed by atoms with E-state index in [0.717, 1.165) is 10.5 Å². The molecule has 2 aliphatic rings. The second-order valence-corrected chi connectivity index (χ2v) is 7.94. The van der Waals surface area contributed by atoms with Crippen molar-refractivity contribution >= 4 is 23.6 Å². The number of benzene rings is 2. The van der Waals surface area contributed by atoms with Crippen LogP contribution in [0.25, 0.3) is 5.69 Å². The van der Waals surface area contributed by atoms with E-state index in [1.807, 2.05) is 30.3 Å². The minimum absolute atomic E-state index is 0.0441. The molecule has 3 aromatic rings. The molecule has 0 bridgehead atoms. The number of imide groups is 2. The first-order chi connectivity index (χ1) is 15.9. The smallest absolute Gasteiger partial charge is 0.264 e. The Morgan fingerprint density at radius 3 is 2.58 bits per heavy atom. The molecule has 3 heterocycles. The molecule has 2 aliphatic heterocycles. The number of fused-ring (bicyclic) bond motifs is 1. The number of aromatic nitrogens is 3. The zero-order valence-corrected chi connectivity index (χ0v) is 17.3. The molecule has 0 spiro atoms. The zero-order chi connectivity index (χ0) is 23.1. The third-order valence-corrected chi connectivity index (χ3v) is 5.82. The van der Waals surface area contributed by atoms with Gasteiger partial charge in [0.1, 0.15) is 17.8 Å². The van der Waals surface area contributed by atoms with E-state index < -0.39 is 35.8 Å². The Kier molecular flexibility index (Phi) is 5.06. The van der Waals surface area contributed by atoms with Crippen molar-refractivity contribution in [3.63, 3.8) is 0 Å². The van der Waals surface area contributed by atoms with Crippen molar-refractivity contribution in [3.8, 4) is 5.69 Å². The van der Waals surface area contributed by atoms with Gasteiger partial charge in [-0.1, -0.05) is 41.6 Å². The molecule has 2 N–H and O–H groups in total. The van der Waals surface area contributed by atoms with Crippen LogP contribution in [0.3, 0.4) is 0 Å². The number of amides is 4. The number of aliphatic hydroxyl groups is 1. The number of hydrogen-bond acceptors (Lipinski definition) is 7. The lowest BCUT2D eigenvalue weighted by Gasteiger charge is -2.27. The van der Waals surface area contributed by atoms with Gasteiger partial charge in [-0.25, -0.2) is 4.68 Å². The summed E-state index contributed by atoms with van der Waals surface area (Å²) in [5, 5.41) is 20.8. The van der Waals surface area contributed by atoms with Gasteiger partial charge in [0, 0.05) is 12.8 Å². The Balaban J connectivity index is 1.44. The lowest BCUT2D eigenvalue weighted by atomic mass is 10.0. The Hall–Kier alpha value is -4.18. The van der Waals surface area contributed by atoms with Crippen LogP contribution in [-0.2, 0) is 16.0 Å². The van der Waals surface area contributed by atoms with Crippen molar-refractivity contribution in [2.45, 2.75) is 31.4 Å². The molecular formula is C23H19N5O5. The van der Waals surface area contributed by atoms with E-state index in [9.17, 15) is 24.3 Å². The van der Waals surface area contributed by atoms with Crippen LogP contribution in [0.2, 0.25) is 0 Å². The first-order valence-electron chi connectivity index (χ1n) is 10.4. The van der Waals surface area contributed by atoms with Gasteiger partial charge in [-0.2, -0.15) is 0 Å². The van der Waals surface area contributed by atoms with Gasteiger partial charge in [0.15, 0.2) is 0 Å². The number of piperidine rings is 1. The van der Waals surface area contributed by atoms with E-state index in [1.165, 1.54) is 16.9 Å². The Morgan fingerprint density at radius 2 is 1.82 bits per heavy atom. The topological polar surface area (TPSA) is 134 Å². The number of hydrogen-bond donors (Lipinski definition) is 2. The highest BCUT2D eigenvalue weighted by Crippen LogP contribution is 2.31. The standard InChI is InChI=1S/C23H19N5O5/c29-18(11-13-5-2-1-3-6-13)15-12-27(26-25-15)16-8-4-7-14-20(16)23(33)28(22(14)32)17-9-10-19(30)24-21(17)31/h1-8,12,17-18,29H,9-11H2,(H,24,30,31). The molecule has 0 aliphatic carbocycles. The Labute approximate surface area is 187 Å². The summed E-state index contributed by atoms with van der Waals surface area (Å²) in [6, 6.07) is 13.1. The molecule has 1 aromatic heterocycles. The highest BCUT2D eigenvalue weighted by atomic mass is 16.3. The van der Waals surface area contributed by atoms with Crippen LogP contribution < -0.4 is 5.32 Å². The second-order valence-electron chi connectivity index (χ2n) is 7.94. The highest BCUT2D eigenvalue weighted by molar-refractivity contribution is 6.24. The summed E-state index contributed by atoms with van der Waals surface area (Å²) in [7, 11) is 0. The van der Waals surface area contributed by atoms with Gasteiger partial charge in [0.2, 0.25) is 11.8 Å². The van der Waals surface area contributed by atoms with Crippen molar-refractivity contribution in [2.75, 3.05) is 0 Å². The lowest BCUT2D eigenvalue weighted by molar-refractivity contribution is -0.136. The maximum Gasteiger partial charge on any atom is 0.264 e. The van der Waals surface area contributed by atoms with Crippen LogP contribution in [0.1, 0.15) is 50.9 Å². The second kappa shape index (κ2) is 8.06. The van der Waals surface area contributed by atoms with E-state index in [1.54, 1.807) is 12.1 Å². The fourth-order valence-corrected chi connectivity index (χ4v) is 4.18. The van der Waals surface area contributed by atoms with Gasteiger partial charge in [-0.05, 0) is 24.1 Å². The average Bonchev–Trinajstić information content (AvgIpc) is 3.39. The highest BCUT2D eigenvalue weighted by Gasteiger charge is 2.45. The van der Waals surface area contributed by atoms with Crippen LogP contribution in [0.5, 0.6) is 0 Å². The van der Waals surface area contributed by atoms with Gasteiger partial charge in [0.25, 0.3) is 11.8 Å². The van der Waals surface area contributed by atoms with Crippen LogP contribution in [0, 0.1) is 0 Å². The molecular weight excluding hydrogens is 426 g/mol. The summed E-state index contributed by atoms with van der Waals surface area (Å²) in [6.07, 6.45) is 1.06. The minimum atomic E-state index is -1.05. The summed E-state index contributed by atoms with van der Waals surface area (Å²) in [6.45, 7) is 0. The van der Waals surface area contributed by atoms with Crippen molar-refractivity contribution in [1.29, 1.82) is 0 Å². The number of nitrogens with zero attached hydrogens (tertiary/aromatic N) is 4. The largest absolute Gasteiger partial charge is 0.386 e. The van der Waals surface area contributed by atoms with Crippen LogP contribution >= 0.6 is 0 Å². The van der Waals surface area contributed by atoms with E-state index in [4.69, 9.17) is 0 Å². The van der Waals surface area contributed by atoms with Crippen LogP contribution in [-0.4, -0.2) is 54.7 Å². The Bertz CT molecular complexity index is 1290. The number of rotatable bonds is 5. The molecule has 2 atom stereocenters. The van der Waals surface area contributed by atoms with E-state index in [0.29, 0.717) is 17.8 Å². The molecule has 5 rings (SSSR count). The lowest BCUT2D eigenvalue weighted by Crippen LogP contribution is -2.54. The molecule has 2 aromatic carbocycles. The normalized spacial score (nSPS) is 18.9. The van der Waals surface area contributed by atoms with Gasteiger partial charge >= 0.3 is 0 Å². The van der Waals surface area contributed by atoms with Crippen LogP contribution in [0.4, 0.5) is 0 Å². The predicted octanol–water partition coefficient (Wildman–Crippen LogP) is 0.945. The molecule has 4 amide bonds. The third kappa shape index (κ3) is 3.60. The zero-order valence-electron chi connectivity index (χ0n) is 17.3. The van der Waals surface area contributed by atoms with Gasteiger partial charge < -0.3 is 5.11 Å². The summed E-state index contributed by atoms with van der Waals surface area (Å²) in [4.78, 5) is 50.9. The van der Waals surface area contributed by atoms with Gasteiger partial charge in [-0.15, -0.1) is 5.10 Å². The maximum atomic E-state index is 13.2. The molecule has 10 nitrogen and oxygen atoms in total. The maximum absolute atomic E-state index is 13.2. The first-order valence-corrected chi connectivity index (χ1v) is 10.4. The van der Waals surface area contributed by atoms with Crippen molar-refractivity contribution < 1.29 is 24.3 Å². The number of aliphatic hydroxyl groups excluding tert-OH is 1. The minimum Gasteiger partial charge on any atom is -0.386 e. The van der Waals surface area contributed by atoms with E-state index in [2.05, 4.69) is 15.6 Å². The molecule has 1 fully saturated rings. The van der Waals surface area contributed by atoms with E-state index in [-0.39, 0.29) is 24.0 Å². The summed E-state index contributed by atoms with van der Waals surface area (Å²) >= 11 is 0. The Morgan fingerprint density at radius 1 is 1.03 bits per heavy atom. The molecule has 1 saturated heterocycles. The van der Waals surface area contributed by atoms with E-state index >= 15 is 0 Å². The quantitative estimate of drug-likeness (QED) is 0.558. The van der Waals surface area contributed by atoms with Crippen LogP contribution in [0.15, 0.2) is 54.7 Å².